The Hall–Kier alpha value is -3.41. The molecular formula is C58H98O6. The smallest absolute Gasteiger partial charge is 0.306 e. The predicted molar refractivity (Wildman–Crippen MR) is 274 cm³/mol. The summed E-state index contributed by atoms with van der Waals surface area (Å²) in [5, 5.41) is 0. The average Bonchev–Trinajstić information content (AvgIpc) is 3.29. The van der Waals surface area contributed by atoms with Crippen molar-refractivity contribution in [3.8, 4) is 0 Å². The number of carbonyl (C=O) groups is 3. The van der Waals surface area contributed by atoms with Crippen molar-refractivity contribution in [3.63, 3.8) is 0 Å². The summed E-state index contributed by atoms with van der Waals surface area (Å²) in [6, 6.07) is 0. The largest absolute Gasteiger partial charge is 0.462 e. The first-order valence-electron chi connectivity index (χ1n) is 26.6. The van der Waals surface area contributed by atoms with E-state index < -0.39 is 6.10 Å². The molecule has 0 aromatic heterocycles. The van der Waals surface area contributed by atoms with E-state index in [1.54, 1.807) is 0 Å². The fraction of sp³-hybridized carbons (Fsp3) is 0.707. The Morgan fingerprint density at radius 1 is 0.328 bits per heavy atom. The van der Waals surface area contributed by atoms with E-state index in [4.69, 9.17) is 14.2 Å². The molecule has 0 rings (SSSR count). The van der Waals surface area contributed by atoms with Crippen molar-refractivity contribution < 1.29 is 28.6 Å². The lowest BCUT2D eigenvalue weighted by Crippen LogP contribution is -2.30. The van der Waals surface area contributed by atoms with Gasteiger partial charge in [-0.15, -0.1) is 0 Å². The van der Waals surface area contributed by atoms with Crippen LogP contribution >= 0.6 is 0 Å². The van der Waals surface area contributed by atoms with Gasteiger partial charge >= 0.3 is 17.9 Å². The molecule has 366 valence electrons. The number of rotatable bonds is 47. The fourth-order valence-corrected chi connectivity index (χ4v) is 7.17. The van der Waals surface area contributed by atoms with Crippen LogP contribution in [0.25, 0.3) is 0 Å². The molecule has 0 heterocycles. The van der Waals surface area contributed by atoms with Crippen molar-refractivity contribution in [3.05, 3.63) is 85.1 Å². The highest BCUT2D eigenvalue weighted by atomic mass is 16.6. The Labute approximate surface area is 395 Å². The molecule has 0 N–H and O–H groups in total. The molecule has 64 heavy (non-hydrogen) atoms. The van der Waals surface area contributed by atoms with Gasteiger partial charge in [-0.1, -0.05) is 228 Å². The maximum absolute atomic E-state index is 12.8. The van der Waals surface area contributed by atoms with Crippen LogP contribution in [-0.2, 0) is 28.6 Å². The van der Waals surface area contributed by atoms with Gasteiger partial charge in [0.05, 0.1) is 0 Å². The van der Waals surface area contributed by atoms with E-state index in [9.17, 15) is 14.4 Å². The lowest BCUT2D eigenvalue weighted by Gasteiger charge is -2.18. The third-order valence-corrected chi connectivity index (χ3v) is 11.1. The zero-order valence-electron chi connectivity index (χ0n) is 41.8. The Kier molecular flexibility index (Phi) is 49.4. The second-order valence-corrected chi connectivity index (χ2v) is 17.4. The fourth-order valence-electron chi connectivity index (χ4n) is 7.17. The van der Waals surface area contributed by atoms with Crippen LogP contribution in [0.5, 0.6) is 0 Å². The lowest BCUT2D eigenvalue weighted by molar-refractivity contribution is -0.166. The van der Waals surface area contributed by atoms with Gasteiger partial charge < -0.3 is 14.2 Å². The molecule has 6 heteroatoms. The summed E-state index contributed by atoms with van der Waals surface area (Å²) in [5.41, 5.74) is 0. The number of esters is 3. The molecule has 0 aromatic rings. The summed E-state index contributed by atoms with van der Waals surface area (Å²) in [6.07, 6.45) is 67.2. The quantitative estimate of drug-likeness (QED) is 0.0262. The van der Waals surface area contributed by atoms with Crippen molar-refractivity contribution in [1.29, 1.82) is 0 Å². The van der Waals surface area contributed by atoms with Gasteiger partial charge in [-0.05, 0) is 83.5 Å². The summed E-state index contributed by atoms with van der Waals surface area (Å²) in [6.45, 7) is 6.44. The molecule has 0 radical (unpaired) electrons. The molecule has 0 aliphatic rings. The number of hydrogen-bond donors (Lipinski definition) is 0. The first kappa shape index (κ1) is 60.6. The summed E-state index contributed by atoms with van der Waals surface area (Å²) < 4.78 is 16.7. The summed E-state index contributed by atoms with van der Waals surface area (Å²) >= 11 is 0. The van der Waals surface area contributed by atoms with Crippen molar-refractivity contribution in [1.82, 2.24) is 0 Å². The Morgan fingerprint density at radius 2 is 0.641 bits per heavy atom. The van der Waals surface area contributed by atoms with Gasteiger partial charge in [-0.2, -0.15) is 0 Å². The van der Waals surface area contributed by atoms with E-state index in [0.717, 1.165) is 89.9 Å². The molecule has 0 saturated heterocycles. The van der Waals surface area contributed by atoms with Crippen molar-refractivity contribution >= 4 is 17.9 Å². The van der Waals surface area contributed by atoms with Crippen LogP contribution in [0.1, 0.15) is 245 Å². The Morgan fingerprint density at radius 3 is 1.06 bits per heavy atom. The highest BCUT2D eigenvalue weighted by Crippen LogP contribution is 2.15. The SMILES string of the molecule is CC/C=C/C/C=C/C/C=C/C/C=C/C/C=C/CCCCCC(=O)OCC(COC(=O)CC/C=C/C/C=C/CCCCCCCC)OC(=O)CCCCCCCCCCCCCCCC. The van der Waals surface area contributed by atoms with Gasteiger partial charge in [0.2, 0.25) is 0 Å². The minimum absolute atomic E-state index is 0.110. The molecular weight excluding hydrogens is 793 g/mol. The van der Waals surface area contributed by atoms with Crippen LogP contribution in [0.3, 0.4) is 0 Å². The van der Waals surface area contributed by atoms with Crippen LogP contribution in [0.4, 0.5) is 0 Å². The molecule has 0 spiro atoms. The molecule has 0 saturated carbocycles. The maximum atomic E-state index is 12.8. The lowest BCUT2D eigenvalue weighted by atomic mass is 10.0. The third kappa shape index (κ3) is 49.6. The zero-order chi connectivity index (χ0) is 46.5. The number of ether oxygens (including phenoxy) is 3. The number of unbranched alkanes of at least 4 members (excludes halogenated alkanes) is 22. The highest BCUT2D eigenvalue weighted by Gasteiger charge is 2.19. The average molecular weight is 891 g/mol. The standard InChI is InChI=1S/C58H98O6/c1-4-7-10-13-16-19-22-25-27-28-29-30-31-34-36-39-42-45-48-51-57(60)63-54-55(53-62-56(59)50-47-44-41-38-35-32-24-21-18-15-12-9-6-3)64-58(61)52-49-46-43-40-37-33-26-23-20-17-14-11-8-5-2/h7,10,16,19,25,27,29-30,32,34-36,41,44,55H,4-6,8-9,11-15,17-18,20-24,26,28,31,33,37-40,42-43,45-54H2,1-3H3/b10-7+,19-16+,27-25+,30-29+,35-32+,36-34+,44-41+. The van der Waals surface area contributed by atoms with Gasteiger partial charge in [-0.3, -0.25) is 14.4 Å². The monoisotopic (exact) mass is 891 g/mol. The van der Waals surface area contributed by atoms with Crippen LogP contribution in [-0.4, -0.2) is 37.2 Å². The van der Waals surface area contributed by atoms with Gasteiger partial charge in [0.15, 0.2) is 6.10 Å². The van der Waals surface area contributed by atoms with Crippen LogP contribution in [0.15, 0.2) is 85.1 Å². The van der Waals surface area contributed by atoms with E-state index in [1.807, 2.05) is 6.08 Å². The Balaban J connectivity index is 4.48. The molecule has 0 aromatic carbocycles. The predicted octanol–water partition coefficient (Wildman–Crippen LogP) is 17.6. The highest BCUT2D eigenvalue weighted by molar-refractivity contribution is 5.71. The third-order valence-electron chi connectivity index (χ3n) is 11.1. The normalized spacial score (nSPS) is 12.7. The maximum Gasteiger partial charge on any atom is 0.306 e. The first-order chi connectivity index (χ1) is 31.5. The molecule has 0 fully saturated rings. The van der Waals surface area contributed by atoms with Crippen molar-refractivity contribution in [2.75, 3.05) is 13.2 Å². The summed E-state index contributed by atoms with van der Waals surface area (Å²) in [4.78, 5) is 38.0. The molecule has 1 atom stereocenters. The van der Waals surface area contributed by atoms with Crippen molar-refractivity contribution in [2.24, 2.45) is 0 Å². The van der Waals surface area contributed by atoms with Gasteiger partial charge in [-0.25, -0.2) is 0 Å². The molecule has 0 aliphatic carbocycles. The minimum atomic E-state index is -0.810. The zero-order valence-corrected chi connectivity index (χ0v) is 41.8. The topological polar surface area (TPSA) is 78.9 Å². The summed E-state index contributed by atoms with van der Waals surface area (Å²) in [7, 11) is 0. The van der Waals surface area contributed by atoms with E-state index in [-0.39, 0.29) is 37.5 Å². The number of hydrogen-bond acceptors (Lipinski definition) is 6. The molecule has 6 nitrogen and oxygen atoms in total. The van der Waals surface area contributed by atoms with Gasteiger partial charge in [0.25, 0.3) is 0 Å². The molecule has 0 bridgehead atoms. The van der Waals surface area contributed by atoms with Gasteiger partial charge in [0.1, 0.15) is 13.2 Å². The summed E-state index contributed by atoms with van der Waals surface area (Å²) in [5.74, 6) is -1.01. The number of carbonyl (C=O) groups excluding carboxylic acids is 3. The minimum Gasteiger partial charge on any atom is -0.462 e. The van der Waals surface area contributed by atoms with Crippen LogP contribution in [0.2, 0.25) is 0 Å². The second kappa shape index (κ2) is 52.2. The van der Waals surface area contributed by atoms with E-state index >= 15 is 0 Å². The van der Waals surface area contributed by atoms with Crippen LogP contribution < -0.4 is 0 Å². The van der Waals surface area contributed by atoms with E-state index in [2.05, 4.69) is 99.8 Å². The molecule has 0 aliphatic heterocycles. The van der Waals surface area contributed by atoms with Crippen molar-refractivity contribution in [2.45, 2.75) is 252 Å². The second-order valence-electron chi connectivity index (χ2n) is 17.4. The first-order valence-corrected chi connectivity index (χ1v) is 26.6. The molecule has 1 unspecified atom stereocenters. The van der Waals surface area contributed by atoms with E-state index in [1.165, 1.54) is 109 Å². The van der Waals surface area contributed by atoms with E-state index in [0.29, 0.717) is 19.3 Å². The molecule has 0 amide bonds. The Bertz CT molecular complexity index is 1250. The van der Waals surface area contributed by atoms with Gasteiger partial charge in [0, 0.05) is 19.3 Å². The number of allylic oxidation sites excluding steroid dienone is 14. The van der Waals surface area contributed by atoms with Crippen LogP contribution in [0, 0.1) is 0 Å².